The topological polar surface area (TPSA) is 55.4 Å². The summed E-state index contributed by atoms with van der Waals surface area (Å²) < 4.78 is 6.27. The van der Waals surface area contributed by atoms with Gasteiger partial charge in [-0.15, -0.1) is 0 Å². The lowest BCUT2D eigenvalue weighted by atomic mass is 9.79. The minimum absolute atomic E-state index is 0.0661. The third-order valence-electron chi connectivity index (χ3n) is 5.01. The summed E-state index contributed by atoms with van der Waals surface area (Å²) in [7, 11) is 0. The molecular weight excluding hydrogens is 437 g/mol. The van der Waals surface area contributed by atoms with Gasteiger partial charge in [0.05, 0.1) is 27.4 Å². The lowest BCUT2D eigenvalue weighted by Gasteiger charge is -2.27. The summed E-state index contributed by atoms with van der Waals surface area (Å²) in [5.74, 6) is -0.734. The standard InChI is InChI=1S/C15H12Br2ClNO3/c16-5-1-2-9(8(18)3-5)19-14(20)10-6-4-7-11(10)15(21)22-13(7)12(6)17/h1-3,6-7,10-13H,4H2,(H,19,20)/t6-,7-,10-,11-,12+,13+/m1/s1. The van der Waals surface area contributed by atoms with E-state index in [1.54, 1.807) is 12.1 Å². The highest BCUT2D eigenvalue weighted by Crippen LogP contribution is 2.60. The minimum Gasteiger partial charge on any atom is -0.461 e. The van der Waals surface area contributed by atoms with Gasteiger partial charge in [-0.3, -0.25) is 9.59 Å². The van der Waals surface area contributed by atoms with Crippen molar-refractivity contribution in [1.29, 1.82) is 0 Å². The monoisotopic (exact) mass is 447 g/mol. The van der Waals surface area contributed by atoms with Crippen LogP contribution in [0.1, 0.15) is 6.42 Å². The van der Waals surface area contributed by atoms with Crippen LogP contribution in [0.15, 0.2) is 22.7 Å². The molecule has 4 rings (SSSR count). The summed E-state index contributed by atoms with van der Waals surface area (Å²) in [4.78, 5) is 24.8. The van der Waals surface area contributed by atoms with Gasteiger partial charge < -0.3 is 10.1 Å². The molecule has 0 unspecified atom stereocenters. The zero-order valence-corrected chi connectivity index (χ0v) is 15.2. The molecular formula is C15H12Br2ClNO3. The summed E-state index contributed by atoms with van der Waals surface area (Å²) in [6.07, 6.45) is 0.797. The summed E-state index contributed by atoms with van der Waals surface area (Å²) in [5, 5.41) is 3.33. The number of carbonyl (C=O) groups excluding carboxylic acids is 2. The van der Waals surface area contributed by atoms with Crippen LogP contribution in [0.25, 0.3) is 0 Å². The summed E-state index contributed by atoms with van der Waals surface area (Å²) in [6, 6.07) is 5.29. The van der Waals surface area contributed by atoms with Gasteiger partial charge in [-0.2, -0.15) is 0 Å². The van der Waals surface area contributed by atoms with Gasteiger partial charge >= 0.3 is 5.97 Å². The van der Waals surface area contributed by atoms with Gasteiger partial charge in [-0.05, 0) is 30.5 Å². The van der Waals surface area contributed by atoms with E-state index in [0.717, 1.165) is 10.9 Å². The molecule has 22 heavy (non-hydrogen) atoms. The first kappa shape index (κ1) is 15.0. The van der Waals surface area contributed by atoms with Crippen LogP contribution in [0.4, 0.5) is 5.69 Å². The molecule has 0 aromatic heterocycles. The molecule has 2 saturated carbocycles. The van der Waals surface area contributed by atoms with Crippen molar-refractivity contribution in [3.05, 3.63) is 27.7 Å². The molecule has 7 heteroatoms. The molecule has 1 N–H and O–H groups in total. The van der Waals surface area contributed by atoms with Crippen molar-refractivity contribution in [3.8, 4) is 0 Å². The van der Waals surface area contributed by atoms with Crippen molar-refractivity contribution in [3.63, 3.8) is 0 Å². The summed E-state index contributed by atoms with van der Waals surface area (Å²) in [6.45, 7) is 0. The number of esters is 1. The lowest BCUT2D eigenvalue weighted by molar-refractivity contribution is -0.145. The predicted molar refractivity (Wildman–Crippen MR) is 89.0 cm³/mol. The maximum atomic E-state index is 12.7. The van der Waals surface area contributed by atoms with E-state index < -0.39 is 0 Å². The Morgan fingerprint density at radius 1 is 1.36 bits per heavy atom. The van der Waals surface area contributed by atoms with Crippen LogP contribution >= 0.6 is 43.5 Å². The summed E-state index contributed by atoms with van der Waals surface area (Å²) in [5.41, 5.74) is 0.562. The van der Waals surface area contributed by atoms with Crippen LogP contribution in [0.3, 0.4) is 0 Å². The Hall–Kier alpha value is -0.590. The molecule has 1 aliphatic heterocycles. The molecule has 1 saturated heterocycles. The molecule has 116 valence electrons. The van der Waals surface area contributed by atoms with E-state index in [1.165, 1.54) is 0 Å². The van der Waals surface area contributed by atoms with Gasteiger partial charge in [0.1, 0.15) is 6.10 Å². The second-order valence-corrected chi connectivity index (χ2v) is 8.45. The highest BCUT2D eigenvalue weighted by atomic mass is 79.9. The van der Waals surface area contributed by atoms with Crippen LogP contribution in [0.2, 0.25) is 5.02 Å². The number of carbonyl (C=O) groups is 2. The van der Waals surface area contributed by atoms with Crippen molar-refractivity contribution in [2.45, 2.75) is 17.4 Å². The number of fused-ring (bicyclic) bond motifs is 1. The normalized spacial score (nSPS) is 38.2. The molecule has 6 atom stereocenters. The van der Waals surface area contributed by atoms with Gasteiger partial charge in [0.15, 0.2) is 0 Å². The average molecular weight is 450 g/mol. The molecule has 1 aromatic rings. The minimum atomic E-state index is -0.347. The van der Waals surface area contributed by atoms with Crippen LogP contribution in [0, 0.1) is 23.7 Å². The highest BCUT2D eigenvalue weighted by Gasteiger charge is 2.67. The number of rotatable bonds is 2. The Balaban J connectivity index is 1.59. The van der Waals surface area contributed by atoms with Crippen LogP contribution in [-0.2, 0) is 14.3 Å². The van der Waals surface area contributed by atoms with E-state index in [2.05, 4.69) is 37.2 Å². The molecule has 0 radical (unpaired) electrons. The first-order valence-corrected chi connectivity index (χ1v) is 9.16. The molecule has 3 fully saturated rings. The van der Waals surface area contributed by atoms with Crippen molar-refractivity contribution in [2.75, 3.05) is 5.32 Å². The van der Waals surface area contributed by atoms with Gasteiger partial charge in [0.2, 0.25) is 5.91 Å². The fourth-order valence-corrected chi connectivity index (χ4v) is 5.90. The van der Waals surface area contributed by atoms with Crippen molar-refractivity contribution < 1.29 is 14.3 Å². The van der Waals surface area contributed by atoms with Crippen molar-refractivity contribution >= 4 is 61.0 Å². The number of hydrogen-bond donors (Lipinski definition) is 1. The maximum Gasteiger partial charge on any atom is 0.310 e. The third-order valence-corrected chi connectivity index (χ3v) is 7.02. The first-order chi connectivity index (χ1) is 10.5. The first-order valence-electron chi connectivity index (χ1n) is 7.08. The predicted octanol–water partition coefficient (Wildman–Crippen LogP) is 3.61. The number of halogens is 3. The van der Waals surface area contributed by atoms with Crippen molar-refractivity contribution in [1.82, 2.24) is 0 Å². The quantitative estimate of drug-likeness (QED) is 0.554. The second kappa shape index (κ2) is 5.21. The smallest absolute Gasteiger partial charge is 0.310 e. The van der Waals surface area contributed by atoms with E-state index in [1.807, 2.05) is 6.07 Å². The number of amides is 1. The van der Waals surface area contributed by atoms with Crippen molar-refractivity contribution in [2.24, 2.45) is 23.7 Å². The Labute approximate surface area is 149 Å². The fourth-order valence-electron chi connectivity index (χ4n) is 4.14. The van der Waals surface area contributed by atoms with Gasteiger partial charge in [0.25, 0.3) is 0 Å². The van der Waals surface area contributed by atoms with E-state index in [4.69, 9.17) is 16.3 Å². The molecule has 1 aromatic carbocycles. The Morgan fingerprint density at radius 2 is 2.14 bits per heavy atom. The van der Waals surface area contributed by atoms with Gasteiger partial charge in [0, 0.05) is 10.4 Å². The molecule has 4 nitrogen and oxygen atoms in total. The van der Waals surface area contributed by atoms with Gasteiger partial charge in [-0.25, -0.2) is 0 Å². The Bertz CT molecular complexity index is 683. The number of nitrogens with one attached hydrogen (secondary N) is 1. The lowest BCUT2D eigenvalue weighted by Crippen LogP contribution is -2.40. The van der Waals surface area contributed by atoms with Crippen LogP contribution < -0.4 is 5.32 Å². The van der Waals surface area contributed by atoms with E-state index in [-0.39, 0.29) is 46.5 Å². The highest BCUT2D eigenvalue weighted by molar-refractivity contribution is 9.10. The summed E-state index contributed by atoms with van der Waals surface area (Å²) >= 11 is 13.1. The third kappa shape index (κ3) is 2.07. The number of hydrogen-bond acceptors (Lipinski definition) is 3. The maximum absolute atomic E-state index is 12.7. The second-order valence-electron chi connectivity index (χ2n) is 6.07. The largest absolute Gasteiger partial charge is 0.461 e. The zero-order chi connectivity index (χ0) is 15.6. The zero-order valence-electron chi connectivity index (χ0n) is 11.3. The van der Waals surface area contributed by atoms with Gasteiger partial charge in [-0.1, -0.05) is 43.5 Å². The molecule has 2 aliphatic carbocycles. The molecule has 2 bridgehead atoms. The SMILES string of the molecule is O=C(Nc1ccc(Br)cc1Cl)[C@@H]1[C@H]2C[C@H]3[C@H](OC(=O)[C@H]31)[C@H]2Br. The number of anilines is 1. The molecule has 0 spiro atoms. The van der Waals surface area contributed by atoms with E-state index in [0.29, 0.717) is 10.7 Å². The number of alkyl halides is 1. The van der Waals surface area contributed by atoms with Crippen LogP contribution in [-0.4, -0.2) is 22.8 Å². The molecule has 3 aliphatic rings. The molecule has 1 heterocycles. The average Bonchev–Trinajstić information content (AvgIpc) is 3.06. The Kier molecular flexibility index (Phi) is 3.55. The fraction of sp³-hybridized carbons (Fsp3) is 0.467. The van der Waals surface area contributed by atoms with Crippen LogP contribution in [0.5, 0.6) is 0 Å². The van der Waals surface area contributed by atoms with E-state index in [9.17, 15) is 9.59 Å². The Morgan fingerprint density at radius 3 is 2.86 bits per heavy atom. The molecule has 1 amide bonds. The number of benzene rings is 1. The number of ether oxygens (including phenoxy) is 1. The van der Waals surface area contributed by atoms with E-state index >= 15 is 0 Å².